The fourth-order valence-corrected chi connectivity index (χ4v) is 2.72. The van der Waals surface area contributed by atoms with Crippen LogP contribution in [0, 0.1) is 0 Å². The van der Waals surface area contributed by atoms with Crippen LogP contribution in [0.3, 0.4) is 0 Å². The van der Waals surface area contributed by atoms with E-state index in [2.05, 4.69) is 16.0 Å². The van der Waals surface area contributed by atoms with Gasteiger partial charge in [-0.2, -0.15) is 0 Å². The van der Waals surface area contributed by atoms with E-state index >= 15 is 0 Å². The van der Waals surface area contributed by atoms with Crippen LogP contribution in [-0.2, 0) is 0 Å². The van der Waals surface area contributed by atoms with Crippen LogP contribution in [-0.4, -0.2) is 32.0 Å². The zero-order valence-corrected chi connectivity index (χ0v) is 13.6. The number of nitrogens with one attached hydrogen (secondary N) is 3. The number of nitrogen functional groups attached to an aromatic ring is 1. The van der Waals surface area contributed by atoms with Gasteiger partial charge in [-0.3, -0.25) is 9.59 Å². The predicted molar refractivity (Wildman–Crippen MR) is 88.0 cm³/mol. The fraction of sp³-hybridized carbons (Fsp3) is 0.429. The number of carbonyl (C=O) groups is 2. The quantitative estimate of drug-likeness (QED) is 0.603. The Kier molecular flexibility index (Phi) is 6.23. The molecule has 0 radical (unpaired) electrons. The molecule has 116 valence electrons. The van der Waals surface area contributed by atoms with Gasteiger partial charge < -0.3 is 21.7 Å². The minimum absolute atomic E-state index is 0.213. The Bertz CT molecular complexity index is 560. The van der Waals surface area contributed by atoms with Crippen LogP contribution >= 0.6 is 11.3 Å². The van der Waals surface area contributed by atoms with Crippen LogP contribution in [0.1, 0.15) is 40.8 Å². The van der Waals surface area contributed by atoms with E-state index < -0.39 is 0 Å². The number of rotatable bonds is 6. The summed E-state index contributed by atoms with van der Waals surface area (Å²) in [6.45, 7) is 6.89. The van der Waals surface area contributed by atoms with Gasteiger partial charge in [0.25, 0.3) is 11.8 Å². The highest BCUT2D eigenvalue weighted by molar-refractivity contribution is 7.19. The summed E-state index contributed by atoms with van der Waals surface area (Å²) in [6, 6.07) is 0. The molecule has 1 rings (SSSR count). The van der Waals surface area contributed by atoms with Crippen LogP contribution in [0.4, 0.5) is 10.7 Å². The average Bonchev–Trinajstić information content (AvgIpc) is 2.75. The Morgan fingerprint density at radius 1 is 1.29 bits per heavy atom. The van der Waals surface area contributed by atoms with Gasteiger partial charge >= 0.3 is 0 Å². The Morgan fingerprint density at radius 2 is 1.95 bits per heavy atom. The molecule has 0 spiro atoms. The van der Waals surface area contributed by atoms with Gasteiger partial charge in [0, 0.05) is 20.1 Å². The Balaban J connectivity index is 3.15. The minimum atomic E-state index is -0.306. The van der Waals surface area contributed by atoms with Crippen LogP contribution in [0.25, 0.3) is 0 Å². The molecular formula is C14H22N4O2S. The Labute approximate surface area is 128 Å². The van der Waals surface area contributed by atoms with E-state index in [0.29, 0.717) is 28.5 Å². The van der Waals surface area contributed by atoms with Crippen molar-refractivity contribution in [2.75, 3.05) is 31.2 Å². The molecule has 0 aliphatic carbocycles. The molecule has 0 atom stereocenters. The topological polar surface area (TPSA) is 96.2 Å². The van der Waals surface area contributed by atoms with E-state index in [-0.39, 0.29) is 17.5 Å². The van der Waals surface area contributed by atoms with Crippen molar-refractivity contribution in [2.45, 2.75) is 20.8 Å². The maximum Gasteiger partial charge on any atom is 0.263 e. The largest absolute Gasteiger partial charge is 0.397 e. The summed E-state index contributed by atoms with van der Waals surface area (Å²) in [4.78, 5) is 24.3. The summed E-state index contributed by atoms with van der Waals surface area (Å²) in [5.74, 6) is -0.570. The number of hydrogen-bond acceptors (Lipinski definition) is 5. The second kappa shape index (κ2) is 7.68. The highest BCUT2D eigenvalue weighted by atomic mass is 32.1. The van der Waals surface area contributed by atoms with Crippen LogP contribution in [0.5, 0.6) is 0 Å². The van der Waals surface area contributed by atoms with Crippen molar-refractivity contribution in [3.63, 3.8) is 0 Å². The van der Waals surface area contributed by atoms with Gasteiger partial charge in [0.1, 0.15) is 9.88 Å². The van der Waals surface area contributed by atoms with E-state index in [9.17, 15) is 9.59 Å². The third-order valence-electron chi connectivity index (χ3n) is 2.72. The van der Waals surface area contributed by atoms with E-state index in [1.54, 1.807) is 0 Å². The molecule has 1 heterocycles. The molecule has 0 aliphatic rings. The Hall–Kier alpha value is -2.02. The first kappa shape index (κ1) is 17.0. The van der Waals surface area contributed by atoms with E-state index in [4.69, 9.17) is 5.73 Å². The first-order valence-electron chi connectivity index (χ1n) is 6.72. The summed E-state index contributed by atoms with van der Waals surface area (Å²) < 4.78 is 0. The van der Waals surface area contributed by atoms with Gasteiger partial charge in [0.15, 0.2) is 0 Å². The maximum atomic E-state index is 12.0. The second-order valence-corrected chi connectivity index (χ2v) is 5.67. The molecule has 0 aliphatic heterocycles. The normalized spacial score (nSPS) is 9.90. The minimum Gasteiger partial charge on any atom is -0.397 e. The summed E-state index contributed by atoms with van der Waals surface area (Å²) >= 11 is 1.19. The van der Waals surface area contributed by atoms with Gasteiger partial charge in [-0.05, 0) is 20.8 Å². The molecule has 0 aromatic carbocycles. The van der Waals surface area contributed by atoms with Crippen LogP contribution in [0.15, 0.2) is 11.6 Å². The van der Waals surface area contributed by atoms with Gasteiger partial charge in [-0.15, -0.1) is 11.3 Å². The lowest BCUT2D eigenvalue weighted by Crippen LogP contribution is -2.23. The van der Waals surface area contributed by atoms with Crippen molar-refractivity contribution >= 4 is 33.8 Å². The molecule has 21 heavy (non-hydrogen) atoms. The number of hydrogen-bond donors (Lipinski definition) is 4. The molecule has 0 bridgehead atoms. The molecule has 0 saturated carbocycles. The van der Waals surface area contributed by atoms with Crippen molar-refractivity contribution in [2.24, 2.45) is 0 Å². The lowest BCUT2D eigenvalue weighted by atomic mass is 10.2. The molecule has 0 fully saturated rings. The Morgan fingerprint density at radius 3 is 2.48 bits per heavy atom. The molecule has 0 saturated heterocycles. The van der Waals surface area contributed by atoms with E-state index in [1.165, 1.54) is 18.4 Å². The molecule has 5 N–H and O–H groups in total. The number of amides is 2. The summed E-state index contributed by atoms with van der Waals surface area (Å²) in [7, 11) is 1.53. The molecule has 1 aromatic heterocycles. The van der Waals surface area contributed by atoms with Gasteiger partial charge in [-0.1, -0.05) is 11.6 Å². The zero-order valence-electron chi connectivity index (χ0n) is 12.8. The number of nitrogens with two attached hydrogens (primary N) is 1. The second-order valence-electron chi connectivity index (χ2n) is 4.65. The van der Waals surface area contributed by atoms with Crippen molar-refractivity contribution < 1.29 is 9.59 Å². The highest BCUT2D eigenvalue weighted by Gasteiger charge is 2.24. The van der Waals surface area contributed by atoms with E-state index in [0.717, 1.165) is 5.57 Å². The summed E-state index contributed by atoms with van der Waals surface area (Å²) in [6.07, 6.45) is 2.00. The summed E-state index contributed by atoms with van der Waals surface area (Å²) in [5.41, 5.74) is 7.68. The molecule has 6 nitrogen and oxygen atoms in total. The monoisotopic (exact) mass is 310 g/mol. The van der Waals surface area contributed by atoms with Crippen molar-refractivity contribution in [3.8, 4) is 0 Å². The number of allylic oxidation sites excluding steroid dienone is 1. The van der Waals surface area contributed by atoms with Gasteiger partial charge in [0.2, 0.25) is 0 Å². The van der Waals surface area contributed by atoms with Crippen molar-refractivity contribution in [1.82, 2.24) is 10.6 Å². The number of carbonyl (C=O) groups excluding carboxylic acids is 2. The lowest BCUT2D eigenvalue weighted by molar-refractivity contribution is 0.0959. The summed E-state index contributed by atoms with van der Waals surface area (Å²) in [5, 5.41) is 8.98. The molecule has 2 amide bonds. The van der Waals surface area contributed by atoms with Crippen molar-refractivity contribution in [1.29, 1.82) is 0 Å². The van der Waals surface area contributed by atoms with Crippen molar-refractivity contribution in [3.05, 3.63) is 22.1 Å². The standard InChI is InChI=1S/C14H22N4O2S/c1-5-17-13(20)11-10(15)9(12(19)16-4)14(21-11)18-7-6-8(2)3/h6,18H,5,7,15H2,1-4H3,(H,16,19)(H,17,20). The average molecular weight is 310 g/mol. The van der Waals surface area contributed by atoms with Gasteiger partial charge in [-0.25, -0.2) is 0 Å². The van der Waals surface area contributed by atoms with Crippen LogP contribution < -0.4 is 21.7 Å². The lowest BCUT2D eigenvalue weighted by Gasteiger charge is -2.05. The number of thiophene rings is 1. The molecule has 0 unspecified atom stereocenters. The van der Waals surface area contributed by atoms with Crippen LogP contribution in [0.2, 0.25) is 0 Å². The smallest absolute Gasteiger partial charge is 0.263 e. The third kappa shape index (κ3) is 4.22. The SMILES string of the molecule is CCNC(=O)c1sc(NCC=C(C)C)c(C(=O)NC)c1N. The first-order valence-corrected chi connectivity index (χ1v) is 7.53. The zero-order chi connectivity index (χ0) is 16.0. The third-order valence-corrected chi connectivity index (χ3v) is 3.88. The fourth-order valence-electron chi connectivity index (χ4n) is 1.68. The molecular weight excluding hydrogens is 288 g/mol. The number of anilines is 2. The predicted octanol–water partition coefficient (Wildman–Crippen LogP) is 1.82. The molecule has 1 aromatic rings. The van der Waals surface area contributed by atoms with E-state index in [1.807, 2.05) is 26.8 Å². The molecule has 7 heteroatoms. The highest BCUT2D eigenvalue weighted by Crippen LogP contribution is 2.35. The first-order chi connectivity index (χ1) is 9.92. The van der Waals surface area contributed by atoms with Gasteiger partial charge in [0.05, 0.1) is 11.3 Å². The maximum absolute atomic E-state index is 12.0.